The first-order valence-corrected chi connectivity index (χ1v) is 8.33. The number of oxime groups is 1. The summed E-state index contributed by atoms with van der Waals surface area (Å²) in [5, 5.41) is 4.08. The summed E-state index contributed by atoms with van der Waals surface area (Å²) in [5.74, 6) is 0.740. The standard InChI is InChI=1S/C14H23NO5S/c1-5-21-13-10-6-15-20-12(10)14(18-8(2)3)19-11(13)7-17-9(4)16/h6,8,10-14H,5,7H2,1-4H3/t10-,11+,12?,13+,14-/m0/s1. The zero-order valence-electron chi connectivity index (χ0n) is 12.9. The first-order chi connectivity index (χ1) is 10.0. The molecule has 6 nitrogen and oxygen atoms in total. The van der Waals surface area contributed by atoms with E-state index in [2.05, 4.69) is 12.1 Å². The Kier molecular flexibility index (Phi) is 5.89. The van der Waals surface area contributed by atoms with Gasteiger partial charge < -0.3 is 19.0 Å². The van der Waals surface area contributed by atoms with Crippen molar-refractivity contribution in [2.45, 2.75) is 57.5 Å². The van der Waals surface area contributed by atoms with Crippen LogP contribution in [0.1, 0.15) is 27.7 Å². The maximum atomic E-state index is 11.1. The molecule has 1 unspecified atom stereocenters. The van der Waals surface area contributed by atoms with Crippen LogP contribution in [-0.2, 0) is 23.8 Å². The molecule has 0 aromatic carbocycles. The van der Waals surface area contributed by atoms with Crippen LogP contribution in [0.3, 0.4) is 0 Å². The quantitative estimate of drug-likeness (QED) is 0.696. The Balaban J connectivity index is 2.11. The third-order valence-corrected chi connectivity index (χ3v) is 4.67. The second-order valence-corrected chi connectivity index (χ2v) is 6.81. The Morgan fingerprint density at radius 3 is 2.86 bits per heavy atom. The lowest BCUT2D eigenvalue weighted by atomic mass is 9.93. The summed E-state index contributed by atoms with van der Waals surface area (Å²) in [4.78, 5) is 16.5. The molecule has 2 aliphatic rings. The number of fused-ring (bicyclic) bond motifs is 1. The molecule has 0 bridgehead atoms. The van der Waals surface area contributed by atoms with Crippen LogP contribution in [0, 0.1) is 5.92 Å². The summed E-state index contributed by atoms with van der Waals surface area (Å²) < 4.78 is 16.9. The lowest BCUT2D eigenvalue weighted by Gasteiger charge is -2.41. The van der Waals surface area contributed by atoms with E-state index in [0.29, 0.717) is 0 Å². The molecular formula is C14H23NO5S. The molecule has 0 amide bonds. The number of ether oxygens (including phenoxy) is 3. The predicted octanol–water partition coefficient (Wildman–Crippen LogP) is 1.82. The van der Waals surface area contributed by atoms with Crippen LogP contribution in [0.4, 0.5) is 0 Å². The first-order valence-electron chi connectivity index (χ1n) is 7.28. The molecule has 0 radical (unpaired) electrons. The molecule has 120 valence electrons. The summed E-state index contributed by atoms with van der Waals surface area (Å²) in [6.07, 6.45) is 0.885. The number of carbonyl (C=O) groups excluding carboxylic acids is 1. The molecule has 1 saturated heterocycles. The van der Waals surface area contributed by atoms with Crippen molar-refractivity contribution in [3.63, 3.8) is 0 Å². The normalized spacial score (nSPS) is 34.6. The fourth-order valence-corrected chi connectivity index (χ4v) is 3.72. The summed E-state index contributed by atoms with van der Waals surface area (Å²) in [7, 11) is 0. The fraction of sp³-hybridized carbons (Fsp3) is 0.857. The number of esters is 1. The minimum Gasteiger partial charge on any atom is -0.463 e. The third-order valence-electron chi connectivity index (χ3n) is 3.33. The summed E-state index contributed by atoms with van der Waals surface area (Å²) in [6, 6.07) is 0. The summed E-state index contributed by atoms with van der Waals surface area (Å²) in [5.41, 5.74) is 0. The van der Waals surface area contributed by atoms with Crippen molar-refractivity contribution in [2.75, 3.05) is 12.4 Å². The van der Waals surface area contributed by atoms with Gasteiger partial charge in [-0.15, -0.1) is 0 Å². The summed E-state index contributed by atoms with van der Waals surface area (Å²) in [6.45, 7) is 7.61. The van der Waals surface area contributed by atoms with Crippen molar-refractivity contribution in [2.24, 2.45) is 11.1 Å². The minimum absolute atomic E-state index is 0.0182. The van der Waals surface area contributed by atoms with Crippen molar-refractivity contribution in [1.82, 2.24) is 0 Å². The molecule has 7 heteroatoms. The number of nitrogens with zero attached hydrogens (tertiary/aromatic N) is 1. The molecule has 5 atom stereocenters. The maximum absolute atomic E-state index is 11.1. The van der Waals surface area contributed by atoms with Crippen LogP contribution in [-0.4, -0.2) is 54.4 Å². The summed E-state index contributed by atoms with van der Waals surface area (Å²) >= 11 is 1.77. The van der Waals surface area contributed by atoms with E-state index in [1.165, 1.54) is 6.92 Å². The van der Waals surface area contributed by atoms with Crippen molar-refractivity contribution >= 4 is 23.9 Å². The Hall–Kier alpha value is -0.790. The van der Waals surface area contributed by atoms with Crippen molar-refractivity contribution in [3.05, 3.63) is 0 Å². The third kappa shape index (κ3) is 4.11. The maximum Gasteiger partial charge on any atom is 0.302 e. The highest BCUT2D eigenvalue weighted by Gasteiger charge is 2.50. The number of rotatable bonds is 6. The molecule has 0 N–H and O–H groups in total. The van der Waals surface area contributed by atoms with Gasteiger partial charge in [-0.3, -0.25) is 4.79 Å². The van der Waals surface area contributed by atoms with Gasteiger partial charge in [-0.25, -0.2) is 0 Å². The van der Waals surface area contributed by atoms with E-state index in [0.717, 1.165) is 5.75 Å². The van der Waals surface area contributed by atoms with E-state index in [1.807, 2.05) is 20.1 Å². The van der Waals surface area contributed by atoms with E-state index < -0.39 is 6.29 Å². The van der Waals surface area contributed by atoms with Crippen LogP contribution >= 0.6 is 11.8 Å². The smallest absolute Gasteiger partial charge is 0.302 e. The molecule has 0 aromatic rings. The van der Waals surface area contributed by atoms with Gasteiger partial charge in [0.2, 0.25) is 0 Å². The molecule has 2 rings (SSSR count). The van der Waals surface area contributed by atoms with Crippen molar-refractivity contribution < 1.29 is 23.8 Å². The lowest BCUT2D eigenvalue weighted by molar-refractivity contribution is -0.267. The largest absolute Gasteiger partial charge is 0.463 e. The molecule has 1 fully saturated rings. The highest BCUT2D eigenvalue weighted by molar-refractivity contribution is 7.99. The average Bonchev–Trinajstić information content (AvgIpc) is 2.88. The first kappa shape index (κ1) is 16.6. The fourth-order valence-electron chi connectivity index (χ4n) is 2.53. The van der Waals surface area contributed by atoms with Gasteiger partial charge in [0.1, 0.15) is 12.7 Å². The Morgan fingerprint density at radius 2 is 2.24 bits per heavy atom. The molecule has 21 heavy (non-hydrogen) atoms. The average molecular weight is 317 g/mol. The van der Waals surface area contributed by atoms with Crippen LogP contribution < -0.4 is 0 Å². The number of thioether (sulfide) groups is 1. The lowest BCUT2D eigenvalue weighted by Crippen LogP contribution is -2.55. The molecule has 0 saturated carbocycles. The zero-order chi connectivity index (χ0) is 15.4. The number of hydrogen-bond donors (Lipinski definition) is 0. The van der Waals surface area contributed by atoms with Gasteiger partial charge in [-0.2, -0.15) is 11.8 Å². The van der Waals surface area contributed by atoms with Crippen LogP contribution in [0.5, 0.6) is 0 Å². The molecule has 0 aromatic heterocycles. The van der Waals surface area contributed by atoms with Gasteiger partial charge >= 0.3 is 5.97 Å². The van der Waals surface area contributed by atoms with Crippen LogP contribution in [0.15, 0.2) is 5.16 Å². The van der Waals surface area contributed by atoms with Crippen LogP contribution in [0.2, 0.25) is 0 Å². The van der Waals surface area contributed by atoms with E-state index in [1.54, 1.807) is 11.8 Å². The van der Waals surface area contributed by atoms with Gasteiger partial charge in [-0.05, 0) is 19.6 Å². The van der Waals surface area contributed by atoms with Gasteiger partial charge in [0.25, 0.3) is 0 Å². The van der Waals surface area contributed by atoms with Crippen molar-refractivity contribution in [1.29, 1.82) is 0 Å². The second-order valence-electron chi connectivity index (χ2n) is 5.35. The van der Waals surface area contributed by atoms with Gasteiger partial charge in [0.15, 0.2) is 12.4 Å². The SMILES string of the molecule is CCS[C@H]1[C@@H](COC(C)=O)O[C@H](OC(C)C)C2ON=C[C@@H]21. The Morgan fingerprint density at radius 1 is 1.48 bits per heavy atom. The van der Waals surface area contributed by atoms with E-state index in [-0.39, 0.29) is 42.1 Å². The molecule has 0 spiro atoms. The Labute approximate surface area is 129 Å². The Bertz CT molecular complexity index is 390. The molecule has 2 heterocycles. The van der Waals surface area contributed by atoms with E-state index >= 15 is 0 Å². The molecule has 0 aliphatic carbocycles. The molecule has 2 aliphatic heterocycles. The van der Waals surface area contributed by atoms with E-state index in [4.69, 9.17) is 19.0 Å². The van der Waals surface area contributed by atoms with Gasteiger partial charge in [0, 0.05) is 12.2 Å². The number of carbonyl (C=O) groups is 1. The van der Waals surface area contributed by atoms with Gasteiger partial charge in [0.05, 0.1) is 18.2 Å². The highest BCUT2D eigenvalue weighted by Crippen LogP contribution is 2.38. The molecular weight excluding hydrogens is 294 g/mol. The van der Waals surface area contributed by atoms with Gasteiger partial charge in [-0.1, -0.05) is 12.1 Å². The van der Waals surface area contributed by atoms with Crippen molar-refractivity contribution in [3.8, 4) is 0 Å². The predicted molar refractivity (Wildman–Crippen MR) is 80.3 cm³/mol. The number of hydrogen-bond acceptors (Lipinski definition) is 7. The van der Waals surface area contributed by atoms with Crippen LogP contribution in [0.25, 0.3) is 0 Å². The zero-order valence-corrected chi connectivity index (χ0v) is 13.7. The monoisotopic (exact) mass is 317 g/mol. The topological polar surface area (TPSA) is 66.4 Å². The minimum atomic E-state index is -0.494. The second kappa shape index (κ2) is 7.47. The van der Waals surface area contributed by atoms with E-state index in [9.17, 15) is 4.79 Å². The highest BCUT2D eigenvalue weighted by atomic mass is 32.2.